The highest BCUT2D eigenvalue weighted by atomic mass is 32.2. The molecule has 1 unspecified atom stereocenters. The van der Waals surface area contributed by atoms with Gasteiger partial charge in [0.15, 0.2) is 0 Å². The Morgan fingerprint density at radius 2 is 1.83 bits per heavy atom. The van der Waals surface area contributed by atoms with Crippen LogP contribution >= 0.6 is 0 Å². The molecule has 0 radical (unpaired) electrons. The van der Waals surface area contributed by atoms with E-state index in [0.717, 1.165) is 12.8 Å². The van der Waals surface area contributed by atoms with Crippen molar-refractivity contribution in [3.8, 4) is 11.8 Å². The lowest BCUT2D eigenvalue weighted by molar-refractivity contribution is 0.0663. The summed E-state index contributed by atoms with van der Waals surface area (Å²) in [5.41, 5.74) is 0. The highest BCUT2D eigenvalue weighted by Crippen LogP contribution is 2.21. The van der Waals surface area contributed by atoms with Crippen molar-refractivity contribution in [1.82, 2.24) is 18.8 Å². The molecule has 2 saturated heterocycles. The van der Waals surface area contributed by atoms with E-state index in [1.807, 2.05) is 0 Å². The first-order valence-corrected chi connectivity index (χ1v) is 9.36. The Balaban J connectivity index is 1.62. The average Bonchev–Trinajstić information content (AvgIpc) is 2.63. The first kappa shape index (κ1) is 17.3. The van der Waals surface area contributed by atoms with E-state index < -0.39 is 10.2 Å². The largest absolute Gasteiger partial charge is 0.480 e. The van der Waals surface area contributed by atoms with Gasteiger partial charge in [-0.3, -0.25) is 0 Å². The van der Waals surface area contributed by atoms with Crippen LogP contribution in [0, 0.1) is 0 Å². The number of rotatable bonds is 5. The van der Waals surface area contributed by atoms with Gasteiger partial charge in [0, 0.05) is 31.8 Å². The highest BCUT2D eigenvalue weighted by molar-refractivity contribution is 7.86. The topological polar surface area (TPSA) is 94.1 Å². The summed E-state index contributed by atoms with van der Waals surface area (Å²) in [6, 6.07) is 3.33. The fraction of sp³-hybridized carbons (Fsp3) is 0.714. The molecule has 2 fully saturated rings. The van der Waals surface area contributed by atoms with Crippen molar-refractivity contribution in [2.45, 2.75) is 18.9 Å². The summed E-state index contributed by atoms with van der Waals surface area (Å²) >= 11 is 0. The molecule has 1 aromatic heterocycles. The second-order valence-corrected chi connectivity index (χ2v) is 7.60. The Labute approximate surface area is 141 Å². The number of hydrogen-bond donors (Lipinski definition) is 0. The van der Waals surface area contributed by atoms with Gasteiger partial charge in [0.1, 0.15) is 6.10 Å². The first-order chi connectivity index (χ1) is 11.6. The maximum Gasteiger partial charge on any atom is 0.282 e. The number of aromatic nitrogens is 2. The van der Waals surface area contributed by atoms with E-state index in [1.165, 1.54) is 15.7 Å². The van der Waals surface area contributed by atoms with Crippen LogP contribution in [0.5, 0.6) is 11.8 Å². The Morgan fingerprint density at radius 3 is 2.50 bits per heavy atom. The van der Waals surface area contributed by atoms with Crippen LogP contribution in [0.25, 0.3) is 0 Å². The van der Waals surface area contributed by atoms with E-state index in [0.29, 0.717) is 51.2 Å². The van der Waals surface area contributed by atoms with E-state index >= 15 is 0 Å². The van der Waals surface area contributed by atoms with Crippen LogP contribution < -0.4 is 9.47 Å². The molecule has 2 aliphatic heterocycles. The van der Waals surface area contributed by atoms with Gasteiger partial charge in [-0.25, -0.2) is 0 Å². The molecule has 3 heterocycles. The molecule has 10 heteroatoms. The SMILES string of the molecule is COc1ccc(OC2CCCN(S(=O)(=O)N3CCOCC3)C2)nn1. The molecule has 134 valence electrons. The maximum absolute atomic E-state index is 12.7. The van der Waals surface area contributed by atoms with E-state index in [2.05, 4.69) is 10.2 Å². The van der Waals surface area contributed by atoms with Crippen LogP contribution in [0.4, 0.5) is 0 Å². The van der Waals surface area contributed by atoms with Gasteiger partial charge >= 0.3 is 0 Å². The number of nitrogens with zero attached hydrogens (tertiary/aromatic N) is 4. The summed E-state index contributed by atoms with van der Waals surface area (Å²) in [7, 11) is -1.96. The molecule has 2 aliphatic rings. The minimum absolute atomic E-state index is 0.239. The van der Waals surface area contributed by atoms with Crippen molar-refractivity contribution >= 4 is 10.2 Å². The van der Waals surface area contributed by atoms with Gasteiger partial charge < -0.3 is 14.2 Å². The van der Waals surface area contributed by atoms with Crippen molar-refractivity contribution < 1.29 is 22.6 Å². The van der Waals surface area contributed by atoms with Gasteiger partial charge in [0.05, 0.1) is 26.9 Å². The molecule has 0 amide bonds. The lowest BCUT2D eigenvalue weighted by Crippen LogP contribution is -2.53. The lowest BCUT2D eigenvalue weighted by Gasteiger charge is -2.36. The molecule has 24 heavy (non-hydrogen) atoms. The van der Waals surface area contributed by atoms with Crippen LogP contribution in [0.2, 0.25) is 0 Å². The molecule has 1 atom stereocenters. The number of morpholine rings is 1. The van der Waals surface area contributed by atoms with Gasteiger partial charge in [-0.2, -0.15) is 17.0 Å². The third kappa shape index (κ3) is 3.94. The predicted octanol–water partition coefficient (Wildman–Crippen LogP) is -0.0946. The monoisotopic (exact) mass is 358 g/mol. The summed E-state index contributed by atoms with van der Waals surface area (Å²) < 4.78 is 44.4. The number of methoxy groups -OCH3 is 1. The van der Waals surface area contributed by atoms with Crippen molar-refractivity contribution in [1.29, 1.82) is 0 Å². The Bertz CT molecular complexity index is 633. The zero-order valence-electron chi connectivity index (χ0n) is 13.6. The number of ether oxygens (including phenoxy) is 3. The van der Waals surface area contributed by atoms with E-state index in [-0.39, 0.29) is 6.10 Å². The molecule has 1 aromatic rings. The zero-order valence-corrected chi connectivity index (χ0v) is 14.4. The zero-order chi connectivity index (χ0) is 17.0. The molecule has 0 saturated carbocycles. The number of hydrogen-bond acceptors (Lipinski definition) is 7. The second-order valence-electron chi connectivity index (χ2n) is 5.67. The summed E-state index contributed by atoms with van der Waals surface area (Å²) in [5.74, 6) is 0.772. The average molecular weight is 358 g/mol. The molecular formula is C14H22N4O5S. The van der Waals surface area contributed by atoms with Crippen LogP contribution in [0.1, 0.15) is 12.8 Å². The summed E-state index contributed by atoms with van der Waals surface area (Å²) in [5, 5.41) is 7.78. The van der Waals surface area contributed by atoms with Crippen LogP contribution in [0.15, 0.2) is 12.1 Å². The highest BCUT2D eigenvalue weighted by Gasteiger charge is 2.35. The Kier molecular flexibility index (Phi) is 5.49. The smallest absolute Gasteiger partial charge is 0.282 e. The number of piperidine rings is 1. The molecule has 0 bridgehead atoms. The van der Waals surface area contributed by atoms with Crippen molar-refractivity contribution in [3.63, 3.8) is 0 Å². The van der Waals surface area contributed by atoms with Crippen LogP contribution in [-0.2, 0) is 14.9 Å². The molecular weight excluding hydrogens is 336 g/mol. The minimum Gasteiger partial charge on any atom is -0.480 e. The second kappa shape index (κ2) is 7.60. The van der Waals surface area contributed by atoms with Crippen LogP contribution in [-0.4, -0.2) is 79.8 Å². The quantitative estimate of drug-likeness (QED) is 0.726. The Hall–Kier alpha value is -1.49. The fourth-order valence-corrected chi connectivity index (χ4v) is 4.45. The molecule has 0 spiro atoms. The third-order valence-corrected chi connectivity index (χ3v) is 6.08. The van der Waals surface area contributed by atoms with Crippen molar-refractivity contribution in [2.75, 3.05) is 46.5 Å². The summed E-state index contributed by atoms with van der Waals surface area (Å²) in [4.78, 5) is 0. The molecule has 0 aromatic carbocycles. The Morgan fingerprint density at radius 1 is 1.12 bits per heavy atom. The molecule has 0 aliphatic carbocycles. The lowest BCUT2D eigenvalue weighted by atomic mass is 10.1. The van der Waals surface area contributed by atoms with Gasteiger partial charge in [-0.1, -0.05) is 0 Å². The summed E-state index contributed by atoms with van der Waals surface area (Å²) in [6.07, 6.45) is 1.29. The van der Waals surface area contributed by atoms with Gasteiger partial charge in [0.2, 0.25) is 11.8 Å². The first-order valence-electron chi connectivity index (χ1n) is 7.97. The van der Waals surface area contributed by atoms with Gasteiger partial charge in [-0.15, -0.1) is 10.2 Å². The van der Waals surface area contributed by atoms with E-state index in [1.54, 1.807) is 12.1 Å². The van der Waals surface area contributed by atoms with Crippen molar-refractivity contribution in [3.05, 3.63) is 12.1 Å². The molecule has 3 rings (SSSR count). The van der Waals surface area contributed by atoms with Crippen molar-refractivity contribution in [2.24, 2.45) is 0 Å². The van der Waals surface area contributed by atoms with Gasteiger partial charge in [0.25, 0.3) is 10.2 Å². The van der Waals surface area contributed by atoms with Crippen LogP contribution in [0.3, 0.4) is 0 Å². The van der Waals surface area contributed by atoms with Gasteiger partial charge in [-0.05, 0) is 12.8 Å². The van der Waals surface area contributed by atoms with E-state index in [4.69, 9.17) is 14.2 Å². The standard InChI is InChI=1S/C14H22N4O5S/c1-21-13-4-5-14(16-15-13)23-12-3-2-6-18(11-12)24(19,20)17-7-9-22-10-8-17/h4-5,12H,2-3,6-11H2,1H3. The summed E-state index contributed by atoms with van der Waals surface area (Å²) in [6.45, 7) is 2.49. The normalized spacial score (nSPS) is 23.8. The predicted molar refractivity (Wildman–Crippen MR) is 85.1 cm³/mol. The van der Waals surface area contributed by atoms with E-state index in [9.17, 15) is 8.42 Å². The molecule has 9 nitrogen and oxygen atoms in total. The maximum atomic E-state index is 12.7. The minimum atomic E-state index is -3.47. The fourth-order valence-electron chi connectivity index (χ4n) is 2.80. The molecule has 0 N–H and O–H groups in total. The third-order valence-electron chi connectivity index (χ3n) is 4.08.